The van der Waals surface area contributed by atoms with Crippen molar-refractivity contribution >= 4 is 45.7 Å². The number of allylic oxidation sites excluding steroid dienone is 1. The molecule has 2 heterocycles. The van der Waals surface area contributed by atoms with Crippen molar-refractivity contribution in [2.45, 2.75) is 13.8 Å². The summed E-state index contributed by atoms with van der Waals surface area (Å²) in [4.78, 5) is 23.5. The molecular formula is C18H16ClN3O2S. The van der Waals surface area contributed by atoms with Gasteiger partial charge in [-0.2, -0.15) is 0 Å². The molecule has 1 N–H and O–H groups in total. The first-order chi connectivity index (χ1) is 12.0. The second kappa shape index (κ2) is 7.29. The largest absolute Gasteiger partial charge is 0.508 e. The molecule has 3 rings (SSSR count). The minimum atomic E-state index is -0.0863. The average molecular weight is 374 g/mol. The van der Waals surface area contributed by atoms with E-state index in [1.165, 1.54) is 11.8 Å². The average Bonchev–Trinajstić information content (AvgIpc) is 2.92. The number of benzene rings is 1. The summed E-state index contributed by atoms with van der Waals surface area (Å²) in [6.07, 6.45) is 1.59. The number of hydrogen-bond donors (Lipinski definition) is 1. The first-order valence-corrected chi connectivity index (χ1v) is 8.90. The molecule has 1 fully saturated rings. The number of aromatic nitrogens is 1. The van der Waals surface area contributed by atoms with Gasteiger partial charge in [0.25, 0.3) is 5.91 Å². The van der Waals surface area contributed by atoms with Gasteiger partial charge in [0, 0.05) is 12.7 Å². The summed E-state index contributed by atoms with van der Waals surface area (Å²) in [7, 11) is 0. The number of carbonyl (C=O) groups is 1. The van der Waals surface area contributed by atoms with Crippen LogP contribution in [-0.4, -0.2) is 32.6 Å². The van der Waals surface area contributed by atoms with Gasteiger partial charge in [0.15, 0.2) is 10.3 Å². The molecule has 1 aliphatic heterocycles. The Labute approximate surface area is 155 Å². The van der Waals surface area contributed by atoms with E-state index in [-0.39, 0.29) is 11.7 Å². The van der Waals surface area contributed by atoms with Crippen LogP contribution in [0.2, 0.25) is 5.15 Å². The normalized spacial score (nSPS) is 18.1. The highest BCUT2D eigenvalue weighted by Crippen LogP contribution is 2.38. The highest BCUT2D eigenvalue weighted by Gasteiger charge is 2.34. The number of halogens is 1. The molecule has 7 heteroatoms. The van der Waals surface area contributed by atoms with Crippen molar-refractivity contribution < 1.29 is 9.90 Å². The van der Waals surface area contributed by atoms with Crippen molar-refractivity contribution in [3.05, 3.63) is 58.2 Å². The first-order valence-electron chi connectivity index (χ1n) is 7.70. The van der Waals surface area contributed by atoms with E-state index in [1.54, 1.807) is 47.5 Å². The van der Waals surface area contributed by atoms with Gasteiger partial charge in [-0.15, -0.1) is 0 Å². The number of carbonyl (C=O) groups excluding carboxylic acids is 1. The number of amidine groups is 1. The lowest BCUT2D eigenvalue weighted by atomic mass is 10.1. The van der Waals surface area contributed by atoms with E-state index < -0.39 is 0 Å². The fourth-order valence-electron chi connectivity index (χ4n) is 2.40. The summed E-state index contributed by atoms with van der Waals surface area (Å²) in [6, 6.07) is 10.3. The molecule has 0 spiro atoms. The van der Waals surface area contributed by atoms with E-state index in [1.807, 2.05) is 13.8 Å². The smallest absolute Gasteiger partial charge is 0.267 e. The number of thioether (sulfide) groups is 1. The lowest BCUT2D eigenvalue weighted by Crippen LogP contribution is -2.28. The predicted molar refractivity (Wildman–Crippen MR) is 102 cm³/mol. The molecule has 1 aliphatic rings. The zero-order valence-electron chi connectivity index (χ0n) is 13.7. The van der Waals surface area contributed by atoms with Gasteiger partial charge >= 0.3 is 0 Å². The van der Waals surface area contributed by atoms with E-state index in [2.05, 4.69) is 9.98 Å². The van der Waals surface area contributed by atoms with Crippen molar-refractivity contribution in [1.82, 2.24) is 9.88 Å². The van der Waals surface area contributed by atoms with Crippen LogP contribution in [0.5, 0.6) is 5.75 Å². The molecule has 2 aromatic rings. The van der Waals surface area contributed by atoms with Gasteiger partial charge in [0.2, 0.25) is 0 Å². The molecule has 25 heavy (non-hydrogen) atoms. The Morgan fingerprint density at radius 2 is 2.04 bits per heavy atom. The molecule has 5 nitrogen and oxygen atoms in total. The number of phenols is 1. The first kappa shape index (κ1) is 17.5. The Kier molecular flexibility index (Phi) is 5.11. The molecule has 1 aromatic carbocycles. The Morgan fingerprint density at radius 1 is 1.32 bits per heavy atom. The number of likely N-dealkylation sites (N-methyl/N-ethyl adjacent to an activating group) is 1. The molecule has 0 aliphatic carbocycles. The van der Waals surface area contributed by atoms with Crippen LogP contribution in [0.4, 0.5) is 5.69 Å². The Hall–Kier alpha value is -2.31. The topological polar surface area (TPSA) is 65.8 Å². The van der Waals surface area contributed by atoms with Crippen LogP contribution in [0.25, 0.3) is 5.57 Å². The summed E-state index contributed by atoms with van der Waals surface area (Å²) in [5.41, 5.74) is 2.25. The summed E-state index contributed by atoms with van der Waals surface area (Å²) in [5.74, 6) is 0.104. The van der Waals surface area contributed by atoms with E-state index in [9.17, 15) is 9.90 Å². The van der Waals surface area contributed by atoms with Gasteiger partial charge < -0.3 is 5.11 Å². The third kappa shape index (κ3) is 3.55. The van der Waals surface area contributed by atoms with Gasteiger partial charge in [0.05, 0.1) is 4.91 Å². The number of aliphatic imine (C=N–C) groups is 1. The zero-order valence-corrected chi connectivity index (χ0v) is 15.3. The molecule has 0 radical (unpaired) electrons. The number of aromatic hydroxyl groups is 1. The molecule has 1 aromatic heterocycles. The Balaban J connectivity index is 2.01. The molecule has 1 amide bonds. The maximum atomic E-state index is 12.8. The van der Waals surface area contributed by atoms with Crippen LogP contribution in [0.15, 0.2) is 52.5 Å². The lowest BCUT2D eigenvalue weighted by molar-refractivity contribution is -0.122. The molecule has 128 valence electrons. The van der Waals surface area contributed by atoms with E-state index in [4.69, 9.17) is 11.6 Å². The summed E-state index contributed by atoms with van der Waals surface area (Å²) >= 11 is 7.39. The molecule has 0 atom stereocenters. The Morgan fingerprint density at radius 3 is 2.68 bits per heavy atom. The van der Waals surface area contributed by atoms with Gasteiger partial charge in [-0.05, 0) is 61.0 Å². The van der Waals surface area contributed by atoms with E-state index in [0.717, 1.165) is 11.1 Å². The molecule has 0 bridgehead atoms. The number of hydrogen-bond acceptors (Lipinski definition) is 5. The maximum Gasteiger partial charge on any atom is 0.267 e. The number of rotatable bonds is 3. The SMILES string of the molecule is CCN1C(=O)/C(=C(\C)c2ccc(O)cc2)SC1=Nc1cccnc1Cl. The fraction of sp³-hybridized carbons (Fsp3) is 0.167. The van der Waals surface area contributed by atoms with Crippen LogP contribution >= 0.6 is 23.4 Å². The van der Waals surface area contributed by atoms with Crippen LogP contribution in [0.1, 0.15) is 19.4 Å². The monoisotopic (exact) mass is 373 g/mol. The molecule has 0 saturated carbocycles. The van der Waals surface area contributed by atoms with Gasteiger partial charge in [0.1, 0.15) is 11.4 Å². The highest BCUT2D eigenvalue weighted by molar-refractivity contribution is 8.18. The zero-order chi connectivity index (χ0) is 18.0. The second-order valence-electron chi connectivity index (χ2n) is 5.36. The standard InChI is InChI=1S/C18H16ClN3O2S/c1-3-22-17(24)15(11(2)12-6-8-13(23)9-7-12)25-18(22)21-14-5-4-10-20-16(14)19/h4-10,23H,3H2,1-2H3/b15-11-,21-18?. The van der Waals surface area contributed by atoms with E-state index >= 15 is 0 Å². The lowest BCUT2D eigenvalue weighted by Gasteiger charge is -2.12. The van der Waals surface area contributed by atoms with Crippen molar-refractivity contribution in [3.63, 3.8) is 0 Å². The predicted octanol–water partition coefficient (Wildman–Crippen LogP) is 4.45. The quantitative estimate of drug-likeness (QED) is 0.637. The third-order valence-electron chi connectivity index (χ3n) is 3.78. The Bertz CT molecular complexity index is 878. The minimum Gasteiger partial charge on any atom is -0.508 e. The van der Waals surface area contributed by atoms with Gasteiger partial charge in [-0.1, -0.05) is 23.7 Å². The van der Waals surface area contributed by atoms with Crippen molar-refractivity contribution in [3.8, 4) is 5.75 Å². The third-order valence-corrected chi connectivity index (χ3v) is 5.25. The maximum absolute atomic E-state index is 12.8. The van der Waals surface area contributed by atoms with Crippen molar-refractivity contribution in [1.29, 1.82) is 0 Å². The van der Waals surface area contributed by atoms with Gasteiger partial charge in [-0.3, -0.25) is 9.69 Å². The van der Waals surface area contributed by atoms with Crippen molar-refractivity contribution in [2.75, 3.05) is 6.54 Å². The van der Waals surface area contributed by atoms with Crippen LogP contribution in [-0.2, 0) is 4.79 Å². The highest BCUT2D eigenvalue weighted by atomic mass is 35.5. The minimum absolute atomic E-state index is 0.0863. The molecular weight excluding hydrogens is 358 g/mol. The van der Waals surface area contributed by atoms with E-state index in [0.29, 0.717) is 27.5 Å². The number of amides is 1. The molecule has 1 saturated heterocycles. The van der Waals surface area contributed by atoms with Crippen LogP contribution in [0, 0.1) is 0 Å². The number of nitrogens with zero attached hydrogens (tertiary/aromatic N) is 3. The van der Waals surface area contributed by atoms with Crippen LogP contribution < -0.4 is 0 Å². The van der Waals surface area contributed by atoms with Crippen molar-refractivity contribution in [2.24, 2.45) is 4.99 Å². The summed E-state index contributed by atoms with van der Waals surface area (Å²) in [5, 5.41) is 10.3. The van der Waals surface area contributed by atoms with Gasteiger partial charge in [-0.25, -0.2) is 9.98 Å². The second-order valence-corrected chi connectivity index (χ2v) is 6.70. The molecule has 0 unspecified atom stereocenters. The van der Waals surface area contributed by atoms with Crippen LogP contribution in [0.3, 0.4) is 0 Å². The summed E-state index contributed by atoms with van der Waals surface area (Å²) < 4.78 is 0. The fourth-order valence-corrected chi connectivity index (χ4v) is 3.68. The number of phenolic OH excluding ortho intramolecular Hbond substituents is 1. The number of pyridine rings is 1. The summed E-state index contributed by atoms with van der Waals surface area (Å²) in [6.45, 7) is 4.30.